The fraction of sp³-hybridized carbons (Fsp3) is 0.519. The van der Waals surface area contributed by atoms with Crippen molar-refractivity contribution < 1.29 is 43.2 Å². The number of nitrogens with zero attached hydrogens (tertiary/aromatic N) is 2. The summed E-state index contributed by atoms with van der Waals surface area (Å²) in [6.45, 7) is 1.58. The number of halogens is 1. The summed E-state index contributed by atoms with van der Waals surface area (Å²) in [5.74, 6) is -8.10. The number of H-pyrrole nitrogens is 1. The number of carbonyl (C=O) groups excluding carboxylic acids is 9. The number of nitrogens with one attached hydrogen (secondary N) is 6. The van der Waals surface area contributed by atoms with Crippen molar-refractivity contribution >= 4 is 87.2 Å². The summed E-state index contributed by atoms with van der Waals surface area (Å²) < 4.78 is 0. The van der Waals surface area contributed by atoms with Gasteiger partial charge in [-0.3, -0.25) is 53.1 Å². The maximum Gasteiger partial charge on any atom is 0.243 e. The average Bonchev–Trinajstić information content (AvgIpc) is 3.77. The van der Waals surface area contributed by atoms with Crippen LogP contribution in [-0.2, 0) is 56.0 Å². The summed E-state index contributed by atoms with van der Waals surface area (Å²) in [5.41, 5.74) is 35.9. The van der Waals surface area contributed by atoms with Gasteiger partial charge in [0.05, 0.1) is 6.04 Å². The minimum absolute atomic E-state index is 0.00708. The van der Waals surface area contributed by atoms with Gasteiger partial charge in [-0.15, -0.1) is 0 Å². The molecule has 1 fully saturated rings. The van der Waals surface area contributed by atoms with Crippen LogP contribution in [0.3, 0.4) is 0 Å². The lowest BCUT2D eigenvalue weighted by atomic mass is 9.83. The lowest BCUT2D eigenvalue weighted by Crippen LogP contribution is -2.58. The van der Waals surface area contributed by atoms with Crippen LogP contribution in [0.1, 0.15) is 108 Å². The topological polar surface area (TPSA) is 410 Å². The SMILES string of the molecule is CC(=O)N[C@@H](CCCN=C(N)N)C(=O)N[C@H]1CCC(=O)CCCC[C@@H](C(N)=O)NC(=O)[C@H](Cc2c[nH]c3ccccc23)CC(=O)[C@H](CCCN=C(N)N)CC(=O)[C@@H](Cc2cccc(Cl)c2)NC(=O)[C@H](CCCN)NC1=O. The number of amides is 6. The number of guanidine groups is 2. The molecule has 76 heavy (non-hydrogen) atoms. The van der Waals surface area contributed by atoms with Crippen molar-refractivity contribution in [1.82, 2.24) is 31.6 Å². The first-order chi connectivity index (χ1) is 36.2. The highest BCUT2D eigenvalue weighted by molar-refractivity contribution is 6.30. The van der Waals surface area contributed by atoms with Gasteiger partial charge in [-0.1, -0.05) is 48.4 Å². The molecule has 2 aromatic carbocycles. The number of aromatic amines is 1. The Kier molecular flexibility index (Phi) is 25.3. The van der Waals surface area contributed by atoms with Crippen molar-refractivity contribution in [2.75, 3.05) is 19.6 Å². The molecule has 23 nitrogen and oxygen atoms in total. The highest BCUT2D eigenvalue weighted by atomic mass is 35.5. The van der Waals surface area contributed by atoms with Crippen molar-refractivity contribution in [3.8, 4) is 0 Å². The van der Waals surface area contributed by atoms with Gasteiger partial charge in [-0.25, -0.2) is 0 Å². The first-order valence-electron chi connectivity index (χ1n) is 25.7. The summed E-state index contributed by atoms with van der Waals surface area (Å²) in [5, 5.41) is 14.7. The maximum atomic E-state index is 14.8. The monoisotopic (exact) mass is 1070 g/mol. The van der Waals surface area contributed by atoms with Crippen LogP contribution in [0.25, 0.3) is 10.9 Å². The minimum Gasteiger partial charge on any atom is -0.370 e. The molecule has 0 aliphatic carbocycles. The Morgan fingerprint density at radius 1 is 0.737 bits per heavy atom. The van der Waals surface area contributed by atoms with Crippen molar-refractivity contribution in [3.05, 3.63) is 70.9 Å². The smallest absolute Gasteiger partial charge is 0.243 e. The Morgan fingerprint density at radius 2 is 1.43 bits per heavy atom. The van der Waals surface area contributed by atoms with Crippen molar-refractivity contribution in [2.24, 2.45) is 56.2 Å². The van der Waals surface area contributed by atoms with E-state index in [2.05, 4.69) is 41.6 Å². The Balaban J connectivity index is 1.78. The van der Waals surface area contributed by atoms with Crippen molar-refractivity contribution in [3.63, 3.8) is 0 Å². The van der Waals surface area contributed by atoms with Crippen molar-refractivity contribution in [2.45, 2.75) is 140 Å². The molecule has 4 rings (SSSR count). The zero-order chi connectivity index (χ0) is 55.7. The molecule has 1 aromatic heterocycles. The third kappa shape index (κ3) is 21.1. The fourth-order valence-electron chi connectivity index (χ4n) is 9.06. The predicted molar refractivity (Wildman–Crippen MR) is 289 cm³/mol. The van der Waals surface area contributed by atoms with Crippen LogP contribution in [0, 0.1) is 11.8 Å². The van der Waals surface area contributed by atoms with Crippen LogP contribution in [0.4, 0.5) is 0 Å². The zero-order valence-electron chi connectivity index (χ0n) is 43.1. The van der Waals surface area contributed by atoms with E-state index in [9.17, 15) is 43.2 Å². The Morgan fingerprint density at radius 3 is 2.12 bits per heavy atom. The normalized spacial score (nSPS) is 21.3. The highest BCUT2D eigenvalue weighted by Gasteiger charge is 2.35. The van der Waals surface area contributed by atoms with Crippen LogP contribution in [0.5, 0.6) is 0 Å². The lowest BCUT2D eigenvalue weighted by molar-refractivity contribution is -0.135. The number of aliphatic imine (C=N–C) groups is 2. The highest BCUT2D eigenvalue weighted by Crippen LogP contribution is 2.27. The molecule has 0 radical (unpaired) electrons. The summed E-state index contributed by atoms with van der Waals surface area (Å²) >= 11 is 6.37. The van der Waals surface area contributed by atoms with E-state index in [1.165, 1.54) is 6.92 Å². The summed E-state index contributed by atoms with van der Waals surface area (Å²) in [6.07, 6.45) is 2.00. The molecule has 7 atom stereocenters. The standard InChI is InChI=1S/C52H75ClN14O9/c1-30(68)63-40(18-9-23-61-52(58)59)48(74)66-42-20-19-36(69)13-2-4-16-39(46(55)72)64-47(73)33(26-34-29-62-38-15-5-3-14-37(34)38)28-44(70)32(11-8-22-60-51(56)57)27-45(71)43(25-31-10-6-12-35(53)24-31)67-49(75)41(17-7-21-54)65-50(42)76/h3,5-6,10,12,14-15,24,29,32-33,39-43,62H,2,4,7-9,11,13,16-23,25-28,54H2,1H3,(H2,55,72)(H,63,68)(H,64,73)(H,65,76)(H,66,74)(H,67,75)(H4,56,57,60)(H4,58,59,61)/t32-,33-,39+,40+,41+,42+,43-/m1/s1. The number of ketones is 3. The van der Waals surface area contributed by atoms with Gasteiger partial charge in [0.25, 0.3) is 0 Å². The molecule has 0 bridgehead atoms. The molecule has 1 aliphatic heterocycles. The van der Waals surface area contributed by atoms with E-state index < -0.39 is 95.5 Å². The van der Waals surface area contributed by atoms with Crippen LogP contribution in [0.2, 0.25) is 5.02 Å². The van der Waals surface area contributed by atoms with Crippen molar-refractivity contribution in [1.29, 1.82) is 0 Å². The van der Waals surface area contributed by atoms with Gasteiger partial charge in [0.2, 0.25) is 35.4 Å². The van der Waals surface area contributed by atoms with E-state index >= 15 is 0 Å². The Labute approximate surface area is 447 Å². The molecule has 3 aromatic rings. The second-order valence-electron chi connectivity index (χ2n) is 19.2. The van der Waals surface area contributed by atoms with Gasteiger partial charge in [-0.2, -0.15) is 0 Å². The molecule has 24 heteroatoms. The average molecular weight is 1080 g/mol. The largest absolute Gasteiger partial charge is 0.370 e. The number of para-hydroxylation sites is 1. The number of aromatic nitrogens is 1. The molecular formula is C52H75ClN14O9. The van der Waals surface area contributed by atoms with Crippen LogP contribution in [0.15, 0.2) is 64.7 Å². The van der Waals surface area contributed by atoms with Crippen LogP contribution >= 0.6 is 11.6 Å². The minimum atomic E-state index is -1.42. The van der Waals surface area contributed by atoms with Gasteiger partial charge in [0, 0.05) is 79.7 Å². The number of benzene rings is 2. The first kappa shape index (κ1) is 61.1. The van der Waals surface area contributed by atoms with Gasteiger partial charge in [-0.05, 0) is 106 Å². The number of rotatable bonds is 19. The van der Waals surface area contributed by atoms with Crippen LogP contribution < -0.4 is 61.0 Å². The second kappa shape index (κ2) is 31.5. The molecule has 0 saturated carbocycles. The lowest BCUT2D eigenvalue weighted by Gasteiger charge is -2.27. The number of fused-ring (bicyclic) bond motifs is 1. The Bertz CT molecular complexity index is 2560. The first-order valence-corrected chi connectivity index (χ1v) is 26.1. The fourth-order valence-corrected chi connectivity index (χ4v) is 9.27. The van der Waals surface area contributed by atoms with E-state index in [0.717, 1.165) is 16.5 Å². The van der Waals surface area contributed by atoms with Gasteiger partial charge >= 0.3 is 0 Å². The molecular weight excluding hydrogens is 1000 g/mol. The zero-order valence-corrected chi connectivity index (χ0v) is 43.8. The number of primary amides is 1. The molecule has 0 unspecified atom stereocenters. The number of hydrogen-bond acceptors (Lipinski definition) is 12. The molecule has 1 saturated heterocycles. The van der Waals surface area contributed by atoms with Gasteiger partial charge in [0.1, 0.15) is 35.7 Å². The summed E-state index contributed by atoms with van der Waals surface area (Å²) in [6, 6.07) is 7.70. The van der Waals surface area contributed by atoms with Gasteiger partial charge in [0.15, 0.2) is 17.7 Å². The van der Waals surface area contributed by atoms with E-state index in [0.29, 0.717) is 10.6 Å². The third-order valence-corrected chi connectivity index (χ3v) is 13.3. The molecule has 414 valence electrons. The molecule has 0 spiro atoms. The van der Waals surface area contributed by atoms with E-state index in [1.54, 1.807) is 30.5 Å². The molecule has 2 heterocycles. The van der Waals surface area contributed by atoms with Crippen LogP contribution in [-0.4, -0.2) is 120 Å². The van der Waals surface area contributed by atoms with E-state index in [-0.39, 0.29) is 134 Å². The molecule has 1 aliphatic rings. The number of nitrogens with two attached hydrogens (primary N) is 6. The maximum absolute atomic E-state index is 14.8. The number of carbonyl (C=O) groups is 9. The summed E-state index contributed by atoms with van der Waals surface area (Å²) in [4.78, 5) is 136. The second-order valence-corrected chi connectivity index (χ2v) is 19.6. The Hall–Kier alpha value is -7.40. The van der Waals surface area contributed by atoms with Gasteiger partial charge < -0.3 is 66.0 Å². The quantitative estimate of drug-likeness (QED) is 0.0441. The predicted octanol–water partition coefficient (Wildman–Crippen LogP) is 0.456. The van der Waals surface area contributed by atoms with E-state index in [1.807, 2.05) is 24.3 Å². The number of hydrogen-bond donors (Lipinski definition) is 12. The third-order valence-electron chi connectivity index (χ3n) is 13.1. The van der Waals surface area contributed by atoms with E-state index in [4.69, 9.17) is 46.0 Å². The molecule has 18 N–H and O–H groups in total. The molecule has 6 amide bonds. The summed E-state index contributed by atoms with van der Waals surface area (Å²) in [7, 11) is 0. The number of Topliss-reactive ketones (excluding diaryl/α,β-unsaturated/α-hetero) is 3.